The predicted molar refractivity (Wildman–Crippen MR) is 99.5 cm³/mol. The monoisotopic (exact) mass is 342 g/mol. The highest BCUT2D eigenvalue weighted by Gasteiger charge is 2.07. The number of ether oxygens (including phenoxy) is 1. The number of rotatable bonds is 5. The van der Waals surface area contributed by atoms with Gasteiger partial charge in [0.25, 0.3) is 5.69 Å². The zero-order valence-electron chi connectivity index (χ0n) is 13.7. The fourth-order valence-corrected chi connectivity index (χ4v) is 2.40. The maximum absolute atomic E-state index is 10.7. The summed E-state index contributed by atoms with van der Waals surface area (Å²) in [4.78, 5) is 10.3. The third-order valence-corrected chi connectivity index (χ3v) is 3.66. The summed E-state index contributed by atoms with van der Waals surface area (Å²) in [5, 5.41) is 20.2. The molecule has 0 unspecified atom stereocenters. The van der Waals surface area contributed by atoms with Gasteiger partial charge in [0.05, 0.1) is 16.6 Å². The van der Waals surface area contributed by atoms with Gasteiger partial charge in [-0.2, -0.15) is 5.26 Å². The number of nitro groups is 1. The lowest BCUT2D eigenvalue weighted by Gasteiger charge is -2.06. The van der Waals surface area contributed by atoms with Crippen molar-refractivity contribution in [3.05, 3.63) is 100 Å². The number of non-ortho nitro benzene ring substituents is 1. The summed E-state index contributed by atoms with van der Waals surface area (Å²) >= 11 is 0. The van der Waals surface area contributed by atoms with E-state index in [1.807, 2.05) is 54.6 Å². The van der Waals surface area contributed by atoms with E-state index in [4.69, 9.17) is 4.74 Å². The van der Waals surface area contributed by atoms with Crippen molar-refractivity contribution in [2.24, 2.45) is 0 Å². The molecule has 3 rings (SSSR count). The van der Waals surface area contributed by atoms with Crippen LogP contribution in [0.1, 0.15) is 11.1 Å². The number of nitriles is 1. The van der Waals surface area contributed by atoms with Crippen LogP contribution in [-0.4, -0.2) is 4.92 Å². The van der Waals surface area contributed by atoms with E-state index in [9.17, 15) is 15.4 Å². The van der Waals surface area contributed by atoms with Crippen molar-refractivity contribution in [1.29, 1.82) is 5.26 Å². The van der Waals surface area contributed by atoms with Gasteiger partial charge >= 0.3 is 0 Å². The van der Waals surface area contributed by atoms with Crippen LogP contribution in [0.3, 0.4) is 0 Å². The average Bonchev–Trinajstić information content (AvgIpc) is 2.67. The number of hydrogen-bond acceptors (Lipinski definition) is 4. The first-order valence-electron chi connectivity index (χ1n) is 7.85. The lowest BCUT2D eigenvalue weighted by molar-refractivity contribution is -0.384. The van der Waals surface area contributed by atoms with Crippen LogP contribution >= 0.6 is 0 Å². The van der Waals surface area contributed by atoms with Crippen LogP contribution in [0.25, 0.3) is 11.6 Å². The fourth-order valence-electron chi connectivity index (χ4n) is 2.40. The Hall–Kier alpha value is -3.91. The van der Waals surface area contributed by atoms with Crippen LogP contribution in [-0.2, 0) is 0 Å². The van der Waals surface area contributed by atoms with Crippen LogP contribution in [0.5, 0.6) is 11.5 Å². The molecule has 5 nitrogen and oxygen atoms in total. The molecule has 26 heavy (non-hydrogen) atoms. The van der Waals surface area contributed by atoms with Crippen LogP contribution in [0, 0.1) is 21.4 Å². The van der Waals surface area contributed by atoms with E-state index in [1.54, 1.807) is 18.2 Å². The SMILES string of the molecule is N#C/C(=C\c1cccc(Oc2ccccc2)c1)c1ccc([N+](=O)[O-])cc1. The summed E-state index contributed by atoms with van der Waals surface area (Å²) in [6, 6.07) is 24.8. The zero-order chi connectivity index (χ0) is 18.4. The van der Waals surface area contributed by atoms with E-state index in [2.05, 4.69) is 6.07 Å². The molecule has 0 N–H and O–H groups in total. The first-order chi connectivity index (χ1) is 12.7. The standard InChI is InChI=1S/C21H14N2O3/c22-15-18(17-9-11-19(12-10-17)23(24)25)13-16-5-4-8-21(14-16)26-20-6-2-1-3-7-20/h1-14H/b18-13+. The molecule has 3 aromatic carbocycles. The maximum Gasteiger partial charge on any atom is 0.269 e. The van der Waals surface area contributed by atoms with Crippen LogP contribution < -0.4 is 4.74 Å². The summed E-state index contributed by atoms with van der Waals surface area (Å²) < 4.78 is 5.79. The van der Waals surface area contributed by atoms with Crippen LogP contribution in [0.2, 0.25) is 0 Å². The lowest BCUT2D eigenvalue weighted by atomic mass is 10.0. The van der Waals surface area contributed by atoms with Crippen LogP contribution in [0.15, 0.2) is 78.9 Å². The van der Waals surface area contributed by atoms with Crippen molar-refractivity contribution in [1.82, 2.24) is 0 Å². The number of hydrogen-bond donors (Lipinski definition) is 0. The average molecular weight is 342 g/mol. The zero-order valence-corrected chi connectivity index (χ0v) is 13.7. The number of allylic oxidation sites excluding steroid dienone is 1. The molecule has 0 spiro atoms. The summed E-state index contributed by atoms with van der Waals surface area (Å²) in [6.45, 7) is 0. The Kier molecular flexibility index (Phi) is 5.06. The van der Waals surface area contributed by atoms with Gasteiger partial charge in [-0.05, 0) is 53.6 Å². The molecule has 0 heterocycles. The third-order valence-electron chi connectivity index (χ3n) is 3.66. The largest absolute Gasteiger partial charge is 0.457 e. The topological polar surface area (TPSA) is 76.2 Å². The highest BCUT2D eigenvalue weighted by atomic mass is 16.6. The van der Waals surface area contributed by atoms with Gasteiger partial charge in [-0.25, -0.2) is 0 Å². The van der Waals surface area contributed by atoms with Gasteiger partial charge in [0, 0.05) is 12.1 Å². The molecule has 0 saturated heterocycles. The Labute approximate surface area is 150 Å². The molecule has 0 aromatic heterocycles. The Morgan fingerprint density at radius 1 is 0.962 bits per heavy atom. The minimum Gasteiger partial charge on any atom is -0.457 e. The molecule has 0 radical (unpaired) electrons. The first-order valence-corrected chi connectivity index (χ1v) is 7.85. The van der Waals surface area contributed by atoms with Crippen molar-refractivity contribution in [3.63, 3.8) is 0 Å². The summed E-state index contributed by atoms with van der Waals surface area (Å²) in [5.41, 5.74) is 1.82. The number of para-hydroxylation sites is 1. The molecule has 0 saturated carbocycles. The molecule has 0 amide bonds. The van der Waals surface area contributed by atoms with Gasteiger partial charge in [-0.1, -0.05) is 30.3 Å². The number of nitrogens with zero attached hydrogens (tertiary/aromatic N) is 2. The van der Waals surface area contributed by atoms with E-state index in [-0.39, 0.29) is 5.69 Å². The summed E-state index contributed by atoms with van der Waals surface area (Å²) in [6.07, 6.45) is 1.72. The highest BCUT2D eigenvalue weighted by Crippen LogP contribution is 2.25. The second-order valence-corrected chi connectivity index (χ2v) is 5.46. The molecule has 0 aliphatic rings. The van der Waals surface area contributed by atoms with Crippen molar-refractivity contribution in [3.8, 4) is 17.6 Å². The molecule has 0 atom stereocenters. The molecule has 3 aromatic rings. The summed E-state index contributed by atoms with van der Waals surface area (Å²) in [5.74, 6) is 1.38. The Morgan fingerprint density at radius 3 is 2.31 bits per heavy atom. The Morgan fingerprint density at radius 2 is 1.65 bits per heavy atom. The van der Waals surface area contributed by atoms with Crippen molar-refractivity contribution < 1.29 is 9.66 Å². The molecular formula is C21H14N2O3. The van der Waals surface area contributed by atoms with Crippen molar-refractivity contribution >= 4 is 17.3 Å². The smallest absolute Gasteiger partial charge is 0.269 e. The van der Waals surface area contributed by atoms with Crippen molar-refractivity contribution in [2.75, 3.05) is 0 Å². The molecule has 5 heteroatoms. The van der Waals surface area contributed by atoms with Gasteiger partial charge in [0.15, 0.2) is 0 Å². The quantitative estimate of drug-likeness (QED) is 0.267. The Bertz CT molecular complexity index is 988. The maximum atomic E-state index is 10.7. The fraction of sp³-hybridized carbons (Fsp3) is 0. The second kappa shape index (κ2) is 7.77. The minimum absolute atomic E-state index is 0.00991. The second-order valence-electron chi connectivity index (χ2n) is 5.46. The normalized spacial score (nSPS) is 10.8. The molecular weight excluding hydrogens is 328 g/mol. The number of nitro benzene ring substituents is 1. The van der Waals surface area contributed by atoms with E-state index in [0.29, 0.717) is 16.9 Å². The highest BCUT2D eigenvalue weighted by molar-refractivity contribution is 5.89. The minimum atomic E-state index is -0.468. The van der Waals surface area contributed by atoms with Gasteiger partial charge in [-0.15, -0.1) is 0 Å². The molecule has 0 bridgehead atoms. The first kappa shape index (κ1) is 16.9. The van der Waals surface area contributed by atoms with E-state index in [0.717, 1.165) is 11.3 Å². The van der Waals surface area contributed by atoms with Gasteiger partial charge in [0.1, 0.15) is 11.5 Å². The Balaban J connectivity index is 1.86. The van der Waals surface area contributed by atoms with Gasteiger partial charge < -0.3 is 4.74 Å². The van der Waals surface area contributed by atoms with Crippen molar-refractivity contribution in [2.45, 2.75) is 0 Å². The number of benzene rings is 3. The molecule has 0 aliphatic heterocycles. The third kappa shape index (κ3) is 4.13. The predicted octanol–water partition coefficient (Wildman–Crippen LogP) is 5.45. The van der Waals surface area contributed by atoms with E-state index in [1.165, 1.54) is 12.1 Å². The lowest BCUT2D eigenvalue weighted by Crippen LogP contribution is -1.89. The van der Waals surface area contributed by atoms with Gasteiger partial charge in [-0.3, -0.25) is 10.1 Å². The van der Waals surface area contributed by atoms with E-state index >= 15 is 0 Å². The van der Waals surface area contributed by atoms with Crippen LogP contribution in [0.4, 0.5) is 5.69 Å². The molecule has 0 fully saturated rings. The van der Waals surface area contributed by atoms with E-state index < -0.39 is 4.92 Å². The molecule has 126 valence electrons. The summed E-state index contributed by atoms with van der Waals surface area (Å²) in [7, 11) is 0. The van der Waals surface area contributed by atoms with Gasteiger partial charge in [0.2, 0.25) is 0 Å². The molecule has 0 aliphatic carbocycles.